The summed E-state index contributed by atoms with van der Waals surface area (Å²) in [5.41, 5.74) is 11.3. The predicted molar refractivity (Wildman–Crippen MR) is 186 cm³/mol. The molecule has 6 N–H and O–H groups in total. The number of para-hydroxylation sites is 1. The number of ether oxygens (including phenoxy) is 1. The van der Waals surface area contributed by atoms with E-state index in [0.717, 1.165) is 35.2 Å². The Kier molecular flexibility index (Phi) is 10.5. The van der Waals surface area contributed by atoms with Crippen molar-refractivity contribution in [3.63, 3.8) is 0 Å². The molecular formula is C37H39N7O6. The van der Waals surface area contributed by atoms with Crippen LogP contribution in [0, 0.1) is 0 Å². The Morgan fingerprint density at radius 3 is 2.58 bits per heavy atom. The lowest BCUT2D eigenvalue weighted by Crippen LogP contribution is -2.52. The van der Waals surface area contributed by atoms with Gasteiger partial charge in [-0.05, 0) is 66.3 Å². The van der Waals surface area contributed by atoms with E-state index in [2.05, 4.69) is 26.1 Å². The van der Waals surface area contributed by atoms with E-state index in [9.17, 15) is 24.3 Å². The van der Waals surface area contributed by atoms with Crippen molar-refractivity contribution in [2.75, 3.05) is 24.2 Å². The van der Waals surface area contributed by atoms with Crippen molar-refractivity contribution >= 4 is 35.1 Å². The molecule has 6 rings (SSSR count). The minimum absolute atomic E-state index is 0.0150. The van der Waals surface area contributed by atoms with Gasteiger partial charge in [-0.3, -0.25) is 24.5 Å². The van der Waals surface area contributed by atoms with Crippen LogP contribution in [0.1, 0.15) is 59.2 Å². The van der Waals surface area contributed by atoms with Crippen LogP contribution in [0.5, 0.6) is 11.5 Å². The topological polar surface area (TPSA) is 189 Å². The Morgan fingerprint density at radius 1 is 0.980 bits per heavy atom. The Labute approximate surface area is 289 Å². The van der Waals surface area contributed by atoms with Crippen molar-refractivity contribution in [1.29, 1.82) is 0 Å². The normalized spacial score (nSPS) is 15.4. The number of nitrogens with one attached hydrogen (secondary N) is 3. The van der Waals surface area contributed by atoms with Crippen LogP contribution in [0.15, 0.2) is 72.8 Å². The lowest BCUT2D eigenvalue weighted by atomic mass is 10.0. The summed E-state index contributed by atoms with van der Waals surface area (Å²) in [5, 5.41) is 26.8. The zero-order chi connectivity index (χ0) is 35.0. The molecule has 1 aromatic heterocycles. The lowest BCUT2D eigenvalue weighted by molar-refractivity contribution is -0.137. The van der Waals surface area contributed by atoms with Gasteiger partial charge in [-0.25, -0.2) is 0 Å². The van der Waals surface area contributed by atoms with E-state index >= 15 is 0 Å². The number of benzene rings is 3. The van der Waals surface area contributed by atoms with Crippen molar-refractivity contribution in [1.82, 2.24) is 25.7 Å². The summed E-state index contributed by atoms with van der Waals surface area (Å²) in [5.74, 6) is -0.272. The zero-order valence-electron chi connectivity index (χ0n) is 27.5. The van der Waals surface area contributed by atoms with Crippen LogP contribution in [0.25, 0.3) is 11.3 Å². The number of fused-ring (bicyclic) bond motifs is 1. The number of amides is 4. The average Bonchev–Trinajstić information content (AvgIpc) is 3.43. The first kappa shape index (κ1) is 33.9. The van der Waals surface area contributed by atoms with Crippen LogP contribution in [-0.2, 0) is 33.9 Å². The predicted octanol–water partition coefficient (Wildman–Crippen LogP) is 3.71. The number of phenolic OH excluding ortho intramolecular Hbond substituents is 1. The number of nitrogen functional groups attached to an aromatic ring is 1. The second-order valence-electron chi connectivity index (χ2n) is 12.3. The molecule has 1 saturated heterocycles. The highest BCUT2D eigenvalue weighted by molar-refractivity contribution is 6.05. The maximum Gasteiger partial charge on any atom is 0.255 e. The van der Waals surface area contributed by atoms with Crippen LogP contribution in [0.3, 0.4) is 0 Å². The molecule has 50 heavy (non-hydrogen) atoms. The number of carbonyl (C=O) groups is 4. The highest BCUT2D eigenvalue weighted by Crippen LogP contribution is 2.31. The first-order chi connectivity index (χ1) is 24.2. The number of phenols is 1. The fourth-order valence-electron chi connectivity index (χ4n) is 6.04. The number of nitrogens with zero attached hydrogens (tertiary/aromatic N) is 3. The molecule has 1 fully saturated rings. The van der Waals surface area contributed by atoms with Gasteiger partial charge in [0.1, 0.15) is 17.5 Å². The first-order valence-corrected chi connectivity index (χ1v) is 16.7. The molecule has 0 bridgehead atoms. The van der Waals surface area contributed by atoms with Crippen LogP contribution in [0.4, 0.5) is 11.5 Å². The number of hydrogen-bond acceptors (Lipinski definition) is 10. The summed E-state index contributed by atoms with van der Waals surface area (Å²) >= 11 is 0. The van der Waals surface area contributed by atoms with Crippen molar-refractivity contribution < 1.29 is 29.0 Å². The average molecular weight is 678 g/mol. The van der Waals surface area contributed by atoms with Crippen LogP contribution < -0.4 is 26.4 Å². The molecule has 0 saturated carbocycles. The number of hydrogen-bond donors (Lipinski definition) is 5. The Hall–Kier alpha value is -5.98. The summed E-state index contributed by atoms with van der Waals surface area (Å²) in [4.78, 5) is 50.6. The van der Waals surface area contributed by atoms with Gasteiger partial charge in [0.15, 0.2) is 11.6 Å². The zero-order valence-corrected chi connectivity index (χ0v) is 27.5. The molecule has 13 nitrogen and oxygen atoms in total. The minimum atomic E-state index is -0.634. The number of piperidine rings is 1. The highest BCUT2D eigenvalue weighted by atomic mass is 16.5. The number of rotatable bonds is 14. The molecule has 2 aliphatic rings. The summed E-state index contributed by atoms with van der Waals surface area (Å²) in [7, 11) is 0. The summed E-state index contributed by atoms with van der Waals surface area (Å²) in [6, 6.07) is 21.4. The fraction of sp³-hybridized carbons (Fsp3) is 0.297. The third-order valence-electron chi connectivity index (χ3n) is 8.81. The Bertz CT molecular complexity index is 1900. The maximum atomic E-state index is 12.9. The molecule has 0 spiro atoms. The van der Waals surface area contributed by atoms with Crippen molar-refractivity contribution in [2.24, 2.45) is 0 Å². The minimum Gasteiger partial charge on any atom is -0.507 e. The molecule has 0 aliphatic carbocycles. The van der Waals surface area contributed by atoms with Gasteiger partial charge in [0.2, 0.25) is 17.7 Å². The number of aromatic hydroxyl groups is 1. The van der Waals surface area contributed by atoms with E-state index in [1.54, 1.807) is 36.4 Å². The van der Waals surface area contributed by atoms with E-state index in [4.69, 9.17) is 10.5 Å². The van der Waals surface area contributed by atoms with Crippen molar-refractivity contribution in [2.45, 2.75) is 57.7 Å². The number of aromatic nitrogens is 2. The molecule has 4 amide bonds. The van der Waals surface area contributed by atoms with Crippen molar-refractivity contribution in [3.8, 4) is 22.8 Å². The van der Waals surface area contributed by atoms with E-state index in [-0.39, 0.29) is 35.7 Å². The van der Waals surface area contributed by atoms with E-state index in [1.165, 1.54) is 4.90 Å². The molecule has 3 aromatic carbocycles. The van der Waals surface area contributed by atoms with Crippen molar-refractivity contribution in [3.05, 3.63) is 95.1 Å². The van der Waals surface area contributed by atoms with Gasteiger partial charge in [0.25, 0.3) is 5.91 Å². The second-order valence-corrected chi connectivity index (χ2v) is 12.3. The molecule has 2 aliphatic heterocycles. The van der Waals surface area contributed by atoms with Gasteiger partial charge >= 0.3 is 0 Å². The van der Waals surface area contributed by atoms with E-state index in [1.807, 2.05) is 36.4 Å². The largest absolute Gasteiger partial charge is 0.507 e. The molecule has 13 heteroatoms. The molecule has 0 radical (unpaired) electrons. The van der Waals surface area contributed by atoms with Gasteiger partial charge in [-0.15, -0.1) is 10.2 Å². The molecule has 258 valence electrons. The van der Waals surface area contributed by atoms with Crippen LogP contribution >= 0.6 is 0 Å². The summed E-state index contributed by atoms with van der Waals surface area (Å²) in [6.45, 7) is 1.81. The van der Waals surface area contributed by atoms with Gasteiger partial charge in [-0.2, -0.15) is 0 Å². The third kappa shape index (κ3) is 8.17. The van der Waals surface area contributed by atoms with Gasteiger partial charge in [0, 0.05) is 61.8 Å². The van der Waals surface area contributed by atoms with Gasteiger partial charge in [-0.1, -0.05) is 36.4 Å². The number of unbranched alkanes of at least 4 members (excludes halogenated alkanes) is 1. The highest BCUT2D eigenvalue weighted by Gasteiger charge is 2.39. The molecule has 1 unspecified atom stereocenters. The summed E-state index contributed by atoms with van der Waals surface area (Å²) < 4.78 is 5.88. The van der Waals surface area contributed by atoms with E-state index < -0.39 is 11.9 Å². The number of imide groups is 1. The lowest BCUT2D eigenvalue weighted by Gasteiger charge is -2.29. The first-order valence-electron chi connectivity index (χ1n) is 16.7. The van der Waals surface area contributed by atoms with Gasteiger partial charge in [0.05, 0.1) is 6.61 Å². The monoisotopic (exact) mass is 677 g/mol. The second kappa shape index (κ2) is 15.5. The van der Waals surface area contributed by atoms with Crippen LogP contribution in [0.2, 0.25) is 0 Å². The summed E-state index contributed by atoms with van der Waals surface area (Å²) in [6.07, 6.45) is 3.12. The van der Waals surface area contributed by atoms with Crippen LogP contribution in [-0.4, -0.2) is 63.0 Å². The Balaban J connectivity index is 0.871. The maximum absolute atomic E-state index is 12.9. The smallest absolute Gasteiger partial charge is 0.255 e. The molecule has 4 aromatic rings. The number of carbonyl (C=O) groups excluding carboxylic acids is 4. The Morgan fingerprint density at radius 2 is 1.78 bits per heavy atom. The number of nitrogens with two attached hydrogens (primary N) is 1. The molecule has 1 atom stereocenters. The standard InChI is InChI=1S/C37H39N7O6/c38-35-32(20-29(42-43-35)28-5-1-2-6-31(28)45)50-18-16-23-8-10-24(11-9-23)21-40-33(46)7-3-4-17-39-26-12-13-27-25(19-26)22-44(37(27)49)30-14-15-34(47)41-36(30)48/h1-2,5-6,8-13,19-20,30,39,45H,3-4,7,14-18,21-22H2,(H2,38,43)(H,40,46)(H,41,47,48). The fourth-order valence-corrected chi connectivity index (χ4v) is 6.04. The SMILES string of the molecule is Nc1nnc(-c2ccccc2O)cc1OCCc1ccc(CNC(=O)CCCCNc2ccc3c(c2)CN(C2CCC(=O)NC2=O)C3=O)cc1. The van der Waals surface area contributed by atoms with E-state index in [0.29, 0.717) is 68.1 Å². The van der Waals surface area contributed by atoms with Gasteiger partial charge < -0.3 is 31.1 Å². The molecule has 3 heterocycles. The quantitative estimate of drug-likeness (QED) is 0.0972. The third-order valence-corrected chi connectivity index (χ3v) is 8.81. The molecular weight excluding hydrogens is 638 g/mol. The number of anilines is 2.